The zero-order valence-electron chi connectivity index (χ0n) is 11.6. The molecule has 2 rings (SSSR count). The second-order valence-electron chi connectivity index (χ2n) is 5.71. The first-order chi connectivity index (χ1) is 8.75. The molecule has 1 N–H and O–H groups in total. The van der Waals surface area contributed by atoms with Crippen LogP contribution in [0.5, 0.6) is 5.75 Å². The molecule has 0 spiro atoms. The fraction of sp³-hybridized carbons (Fsp3) is 0.625. The molecule has 0 radical (unpaired) electrons. The summed E-state index contributed by atoms with van der Waals surface area (Å²) in [5, 5.41) is 3.47. The Hall–Kier alpha value is -1.02. The molecule has 1 saturated carbocycles. The predicted octanol–water partition coefficient (Wildman–Crippen LogP) is 3.61. The smallest absolute Gasteiger partial charge is 0.123 e. The largest absolute Gasteiger partial charge is 0.493 e. The van der Waals surface area contributed by atoms with Gasteiger partial charge in [0, 0.05) is 12.1 Å². The van der Waals surface area contributed by atoms with E-state index < -0.39 is 0 Å². The predicted molar refractivity (Wildman–Crippen MR) is 75.8 cm³/mol. The summed E-state index contributed by atoms with van der Waals surface area (Å²) in [6, 6.07) is 8.37. The van der Waals surface area contributed by atoms with Crippen molar-refractivity contribution in [1.29, 1.82) is 0 Å². The first kappa shape index (κ1) is 13.4. The first-order valence-electron chi connectivity index (χ1n) is 7.17. The Labute approximate surface area is 111 Å². The van der Waals surface area contributed by atoms with E-state index in [2.05, 4.69) is 43.4 Å². The number of para-hydroxylation sites is 1. The van der Waals surface area contributed by atoms with Crippen molar-refractivity contribution in [3.8, 4) is 5.75 Å². The zero-order valence-corrected chi connectivity index (χ0v) is 11.6. The van der Waals surface area contributed by atoms with Gasteiger partial charge in [-0.15, -0.1) is 0 Å². The molecule has 1 aliphatic rings. The van der Waals surface area contributed by atoms with Crippen LogP contribution in [-0.4, -0.2) is 13.2 Å². The highest BCUT2D eigenvalue weighted by molar-refractivity contribution is 5.33. The summed E-state index contributed by atoms with van der Waals surface area (Å²) in [5.74, 6) is 2.68. The maximum absolute atomic E-state index is 5.91. The summed E-state index contributed by atoms with van der Waals surface area (Å²) in [6.45, 7) is 7.27. The summed E-state index contributed by atoms with van der Waals surface area (Å²) in [7, 11) is 0. The van der Waals surface area contributed by atoms with Gasteiger partial charge in [0.05, 0.1) is 6.61 Å². The standard InChI is InChI=1S/C16H25NO/c1-13(2)11-17-12-15-5-3-4-6-16(15)18-10-9-14-7-8-14/h3-6,13-14,17H,7-12H2,1-2H3. The van der Waals surface area contributed by atoms with Crippen molar-refractivity contribution in [3.05, 3.63) is 29.8 Å². The molecule has 0 aromatic heterocycles. The van der Waals surface area contributed by atoms with Crippen molar-refractivity contribution in [2.45, 2.75) is 39.7 Å². The third-order valence-electron chi connectivity index (χ3n) is 3.32. The summed E-state index contributed by atoms with van der Waals surface area (Å²) in [4.78, 5) is 0. The van der Waals surface area contributed by atoms with Crippen molar-refractivity contribution in [1.82, 2.24) is 5.32 Å². The third-order valence-corrected chi connectivity index (χ3v) is 3.32. The van der Waals surface area contributed by atoms with Crippen LogP contribution in [0, 0.1) is 11.8 Å². The number of rotatable bonds is 8. The molecule has 1 aliphatic carbocycles. The molecule has 0 unspecified atom stereocenters. The monoisotopic (exact) mass is 247 g/mol. The normalized spacial score (nSPS) is 15.1. The molecule has 0 amide bonds. The average Bonchev–Trinajstić information content (AvgIpc) is 3.15. The van der Waals surface area contributed by atoms with E-state index in [1.807, 2.05) is 0 Å². The Morgan fingerprint density at radius 3 is 2.78 bits per heavy atom. The van der Waals surface area contributed by atoms with Crippen LogP contribution in [0.4, 0.5) is 0 Å². The third kappa shape index (κ3) is 4.69. The lowest BCUT2D eigenvalue weighted by atomic mass is 10.2. The molecule has 0 atom stereocenters. The van der Waals surface area contributed by atoms with E-state index in [4.69, 9.17) is 4.74 Å². The van der Waals surface area contributed by atoms with Crippen LogP contribution in [0.3, 0.4) is 0 Å². The van der Waals surface area contributed by atoms with Gasteiger partial charge in [-0.25, -0.2) is 0 Å². The van der Waals surface area contributed by atoms with E-state index in [1.165, 1.54) is 24.8 Å². The minimum atomic E-state index is 0.688. The molecule has 0 heterocycles. The second-order valence-corrected chi connectivity index (χ2v) is 5.71. The van der Waals surface area contributed by atoms with Gasteiger partial charge < -0.3 is 10.1 Å². The molecule has 0 bridgehead atoms. The summed E-state index contributed by atoms with van der Waals surface area (Å²) >= 11 is 0. The lowest BCUT2D eigenvalue weighted by molar-refractivity contribution is 0.298. The first-order valence-corrected chi connectivity index (χ1v) is 7.17. The van der Waals surface area contributed by atoms with E-state index in [-0.39, 0.29) is 0 Å². The van der Waals surface area contributed by atoms with Crippen LogP contribution in [0.15, 0.2) is 24.3 Å². The Bertz CT molecular complexity index is 331. The van der Waals surface area contributed by atoms with Crippen LogP contribution in [0.1, 0.15) is 38.7 Å². The number of hydrogen-bond donors (Lipinski definition) is 1. The Morgan fingerprint density at radius 1 is 1.28 bits per heavy atom. The summed E-state index contributed by atoms with van der Waals surface area (Å²) in [6.07, 6.45) is 4.02. The highest BCUT2D eigenvalue weighted by Crippen LogP contribution is 2.32. The molecule has 100 valence electrons. The Morgan fingerprint density at radius 2 is 2.06 bits per heavy atom. The molecule has 2 heteroatoms. The zero-order chi connectivity index (χ0) is 12.8. The van der Waals surface area contributed by atoms with Crippen LogP contribution < -0.4 is 10.1 Å². The number of hydrogen-bond acceptors (Lipinski definition) is 2. The van der Waals surface area contributed by atoms with E-state index in [0.29, 0.717) is 5.92 Å². The van der Waals surface area contributed by atoms with Crippen LogP contribution in [0.2, 0.25) is 0 Å². The van der Waals surface area contributed by atoms with Gasteiger partial charge in [-0.3, -0.25) is 0 Å². The Balaban J connectivity index is 1.79. The van der Waals surface area contributed by atoms with Gasteiger partial charge in [-0.05, 0) is 30.9 Å². The van der Waals surface area contributed by atoms with E-state index in [1.54, 1.807) is 0 Å². The molecular weight excluding hydrogens is 222 g/mol. The molecule has 0 saturated heterocycles. The van der Waals surface area contributed by atoms with Gasteiger partial charge in [0.2, 0.25) is 0 Å². The van der Waals surface area contributed by atoms with Crippen LogP contribution >= 0.6 is 0 Å². The molecule has 0 aliphatic heterocycles. The lowest BCUT2D eigenvalue weighted by Gasteiger charge is -2.13. The minimum absolute atomic E-state index is 0.688. The minimum Gasteiger partial charge on any atom is -0.493 e. The SMILES string of the molecule is CC(C)CNCc1ccccc1OCCC1CC1. The van der Waals surface area contributed by atoms with Gasteiger partial charge in [-0.2, -0.15) is 0 Å². The number of benzene rings is 1. The van der Waals surface area contributed by atoms with Gasteiger partial charge in [0.15, 0.2) is 0 Å². The topological polar surface area (TPSA) is 21.3 Å². The number of ether oxygens (including phenoxy) is 1. The van der Waals surface area contributed by atoms with Gasteiger partial charge >= 0.3 is 0 Å². The van der Waals surface area contributed by atoms with Crippen molar-refractivity contribution in [2.24, 2.45) is 11.8 Å². The summed E-state index contributed by atoms with van der Waals surface area (Å²) in [5.41, 5.74) is 1.27. The van der Waals surface area contributed by atoms with Crippen LogP contribution in [-0.2, 0) is 6.54 Å². The van der Waals surface area contributed by atoms with Crippen LogP contribution in [0.25, 0.3) is 0 Å². The molecule has 1 aromatic carbocycles. The van der Waals surface area contributed by atoms with E-state index >= 15 is 0 Å². The maximum Gasteiger partial charge on any atom is 0.123 e. The number of nitrogens with one attached hydrogen (secondary N) is 1. The molecule has 1 fully saturated rings. The Kier molecular flexibility index (Phi) is 5.06. The second kappa shape index (κ2) is 6.79. The average molecular weight is 247 g/mol. The van der Waals surface area contributed by atoms with E-state index in [9.17, 15) is 0 Å². The van der Waals surface area contributed by atoms with Crippen molar-refractivity contribution < 1.29 is 4.74 Å². The van der Waals surface area contributed by atoms with Gasteiger partial charge in [0.25, 0.3) is 0 Å². The highest BCUT2D eigenvalue weighted by atomic mass is 16.5. The van der Waals surface area contributed by atoms with Crippen molar-refractivity contribution in [2.75, 3.05) is 13.2 Å². The highest BCUT2D eigenvalue weighted by Gasteiger charge is 2.20. The van der Waals surface area contributed by atoms with Gasteiger partial charge in [0.1, 0.15) is 5.75 Å². The summed E-state index contributed by atoms with van der Waals surface area (Å²) < 4.78 is 5.91. The fourth-order valence-electron chi connectivity index (χ4n) is 2.03. The lowest BCUT2D eigenvalue weighted by Crippen LogP contribution is -2.19. The van der Waals surface area contributed by atoms with E-state index in [0.717, 1.165) is 31.4 Å². The fourth-order valence-corrected chi connectivity index (χ4v) is 2.03. The maximum atomic E-state index is 5.91. The molecule has 1 aromatic rings. The van der Waals surface area contributed by atoms with Crippen molar-refractivity contribution in [3.63, 3.8) is 0 Å². The van der Waals surface area contributed by atoms with Crippen molar-refractivity contribution >= 4 is 0 Å². The molecular formula is C16H25NO. The molecule has 18 heavy (non-hydrogen) atoms. The molecule has 2 nitrogen and oxygen atoms in total. The van der Waals surface area contributed by atoms with Gasteiger partial charge in [-0.1, -0.05) is 44.9 Å². The quantitative estimate of drug-likeness (QED) is 0.757.